The van der Waals surface area contributed by atoms with Crippen LogP contribution in [0.5, 0.6) is 0 Å². The van der Waals surface area contributed by atoms with Crippen LogP contribution in [0.25, 0.3) is 0 Å². The van der Waals surface area contributed by atoms with Crippen molar-refractivity contribution in [1.29, 1.82) is 0 Å². The highest BCUT2D eigenvalue weighted by molar-refractivity contribution is 6.30. The number of nitrogens with one attached hydrogen (secondary N) is 1. The van der Waals surface area contributed by atoms with Gasteiger partial charge < -0.3 is 11.1 Å². The third-order valence-electron chi connectivity index (χ3n) is 2.72. The fourth-order valence-electron chi connectivity index (χ4n) is 1.69. The largest absolute Gasteiger partial charge is 0.329 e. The van der Waals surface area contributed by atoms with Gasteiger partial charge in [0.2, 0.25) is 0 Å². The molecule has 0 saturated carbocycles. The number of hydrogen-bond donors (Lipinski definition) is 2. The fourth-order valence-corrected chi connectivity index (χ4v) is 1.81. The molecule has 90 valence electrons. The zero-order valence-electron chi connectivity index (χ0n) is 10.0. The van der Waals surface area contributed by atoms with Gasteiger partial charge in [0, 0.05) is 24.2 Å². The Morgan fingerprint density at radius 1 is 1.25 bits per heavy atom. The summed E-state index contributed by atoms with van der Waals surface area (Å²) < 4.78 is 0. The van der Waals surface area contributed by atoms with Gasteiger partial charge in [0.25, 0.3) is 0 Å². The highest BCUT2D eigenvalue weighted by atomic mass is 35.5. The van der Waals surface area contributed by atoms with Gasteiger partial charge >= 0.3 is 0 Å². The molecule has 0 aliphatic rings. The van der Waals surface area contributed by atoms with Gasteiger partial charge in [-0.2, -0.15) is 0 Å². The topological polar surface area (TPSA) is 38.0 Å². The molecule has 0 radical (unpaired) electrons. The summed E-state index contributed by atoms with van der Waals surface area (Å²) in [6.07, 6.45) is 1.02. The van der Waals surface area contributed by atoms with E-state index in [-0.39, 0.29) is 0 Å². The van der Waals surface area contributed by atoms with Crippen LogP contribution >= 0.6 is 11.6 Å². The summed E-state index contributed by atoms with van der Waals surface area (Å²) in [6, 6.07) is 8.53. The summed E-state index contributed by atoms with van der Waals surface area (Å²) in [7, 11) is 0. The average molecular weight is 241 g/mol. The Kier molecular flexibility index (Phi) is 5.81. The molecular formula is C13H21ClN2. The van der Waals surface area contributed by atoms with Crippen LogP contribution in [-0.2, 0) is 6.42 Å². The Morgan fingerprint density at radius 2 is 1.88 bits per heavy atom. The Hall–Kier alpha value is -0.570. The number of benzene rings is 1. The molecule has 0 aromatic heterocycles. The van der Waals surface area contributed by atoms with Crippen LogP contribution in [-0.4, -0.2) is 19.1 Å². The maximum Gasteiger partial charge on any atom is 0.0406 e. The smallest absolute Gasteiger partial charge is 0.0406 e. The number of halogens is 1. The molecule has 1 atom stereocenters. The number of nitrogens with two attached hydrogens (primary N) is 1. The summed E-state index contributed by atoms with van der Waals surface area (Å²) in [6.45, 7) is 6.01. The van der Waals surface area contributed by atoms with E-state index in [0.717, 1.165) is 18.0 Å². The molecule has 3 heteroatoms. The standard InChI is InChI=1S/C13H21ClN2/c1-10(2)13(16-8-7-15)9-11-3-5-12(14)6-4-11/h3-6,10,13,16H,7-9,15H2,1-2H3. The second-order valence-corrected chi connectivity index (χ2v) is 4.86. The Labute approximate surface area is 103 Å². The van der Waals surface area contributed by atoms with Crippen molar-refractivity contribution in [3.8, 4) is 0 Å². The van der Waals surface area contributed by atoms with Crippen molar-refractivity contribution in [2.75, 3.05) is 13.1 Å². The van der Waals surface area contributed by atoms with Crippen LogP contribution in [0, 0.1) is 5.92 Å². The Balaban J connectivity index is 2.57. The molecule has 1 aromatic rings. The second kappa shape index (κ2) is 6.89. The lowest BCUT2D eigenvalue weighted by Gasteiger charge is -2.22. The lowest BCUT2D eigenvalue weighted by molar-refractivity contribution is 0.401. The monoisotopic (exact) mass is 240 g/mol. The fraction of sp³-hybridized carbons (Fsp3) is 0.538. The molecule has 1 rings (SSSR count). The minimum absolute atomic E-state index is 0.477. The van der Waals surface area contributed by atoms with Crippen molar-refractivity contribution in [1.82, 2.24) is 5.32 Å². The molecule has 2 nitrogen and oxygen atoms in total. The van der Waals surface area contributed by atoms with Gasteiger partial charge in [0.15, 0.2) is 0 Å². The van der Waals surface area contributed by atoms with E-state index in [1.165, 1.54) is 5.56 Å². The summed E-state index contributed by atoms with van der Waals surface area (Å²) in [5.41, 5.74) is 6.82. The van der Waals surface area contributed by atoms with E-state index in [2.05, 4.69) is 31.3 Å². The van der Waals surface area contributed by atoms with Crippen LogP contribution < -0.4 is 11.1 Å². The molecule has 0 spiro atoms. The van der Waals surface area contributed by atoms with Gasteiger partial charge in [0.1, 0.15) is 0 Å². The third kappa shape index (κ3) is 4.52. The molecule has 1 unspecified atom stereocenters. The quantitative estimate of drug-likeness (QED) is 0.802. The molecule has 16 heavy (non-hydrogen) atoms. The molecule has 0 aliphatic carbocycles. The zero-order valence-corrected chi connectivity index (χ0v) is 10.8. The van der Waals surface area contributed by atoms with E-state index >= 15 is 0 Å². The first-order valence-corrected chi connectivity index (χ1v) is 6.19. The van der Waals surface area contributed by atoms with Crippen molar-refractivity contribution in [2.24, 2.45) is 11.7 Å². The molecule has 0 aliphatic heterocycles. The van der Waals surface area contributed by atoms with Gasteiger partial charge in [-0.3, -0.25) is 0 Å². The minimum Gasteiger partial charge on any atom is -0.329 e. The van der Waals surface area contributed by atoms with Gasteiger partial charge in [-0.15, -0.1) is 0 Å². The van der Waals surface area contributed by atoms with E-state index in [1.54, 1.807) is 0 Å². The Morgan fingerprint density at radius 3 is 2.38 bits per heavy atom. The van der Waals surface area contributed by atoms with E-state index in [4.69, 9.17) is 17.3 Å². The molecule has 0 heterocycles. The maximum absolute atomic E-state index is 5.86. The predicted molar refractivity (Wildman–Crippen MR) is 70.8 cm³/mol. The Bertz CT molecular complexity index is 295. The molecule has 1 aromatic carbocycles. The maximum atomic E-state index is 5.86. The summed E-state index contributed by atoms with van der Waals surface area (Å²) in [5.74, 6) is 0.599. The summed E-state index contributed by atoms with van der Waals surface area (Å²) in [5, 5.41) is 4.27. The van der Waals surface area contributed by atoms with Gasteiger partial charge in [0.05, 0.1) is 0 Å². The molecule has 0 bridgehead atoms. The van der Waals surface area contributed by atoms with Crippen molar-refractivity contribution in [2.45, 2.75) is 26.3 Å². The van der Waals surface area contributed by atoms with E-state index < -0.39 is 0 Å². The molecular weight excluding hydrogens is 220 g/mol. The summed E-state index contributed by atoms with van der Waals surface area (Å²) in [4.78, 5) is 0. The van der Waals surface area contributed by atoms with Crippen LogP contribution in [0.4, 0.5) is 0 Å². The highest BCUT2D eigenvalue weighted by Crippen LogP contribution is 2.13. The highest BCUT2D eigenvalue weighted by Gasteiger charge is 2.12. The van der Waals surface area contributed by atoms with Crippen molar-refractivity contribution in [3.63, 3.8) is 0 Å². The lowest BCUT2D eigenvalue weighted by atomic mass is 9.96. The first-order chi connectivity index (χ1) is 7.63. The van der Waals surface area contributed by atoms with E-state index in [0.29, 0.717) is 18.5 Å². The number of hydrogen-bond acceptors (Lipinski definition) is 2. The van der Waals surface area contributed by atoms with Crippen LogP contribution in [0.3, 0.4) is 0 Å². The van der Waals surface area contributed by atoms with Gasteiger partial charge in [-0.1, -0.05) is 37.6 Å². The van der Waals surface area contributed by atoms with Crippen LogP contribution in [0.1, 0.15) is 19.4 Å². The zero-order chi connectivity index (χ0) is 12.0. The molecule has 0 saturated heterocycles. The predicted octanol–water partition coefficient (Wildman–Crippen LogP) is 2.46. The van der Waals surface area contributed by atoms with E-state index in [9.17, 15) is 0 Å². The van der Waals surface area contributed by atoms with Crippen molar-refractivity contribution in [3.05, 3.63) is 34.9 Å². The third-order valence-corrected chi connectivity index (χ3v) is 2.98. The summed E-state index contributed by atoms with van der Waals surface area (Å²) >= 11 is 5.86. The van der Waals surface area contributed by atoms with Crippen LogP contribution in [0.2, 0.25) is 5.02 Å². The molecule has 0 fully saturated rings. The van der Waals surface area contributed by atoms with Crippen LogP contribution in [0.15, 0.2) is 24.3 Å². The molecule has 3 N–H and O–H groups in total. The first kappa shape index (κ1) is 13.5. The normalized spacial score (nSPS) is 13.1. The van der Waals surface area contributed by atoms with Crippen molar-refractivity contribution >= 4 is 11.6 Å². The van der Waals surface area contributed by atoms with Crippen molar-refractivity contribution < 1.29 is 0 Å². The average Bonchev–Trinajstić information content (AvgIpc) is 2.26. The SMILES string of the molecule is CC(C)C(Cc1ccc(Cl)cc1)NCCN. The van der Waals surface area contributed by atoms with Gasteiger partial charge in [-0.05, 0) is 30.0 Å². The second-order valence-electron chi connectivity index (χ2n) is 4.42. The van der Waals surface area contributed by atoms with E-state index in [1.807, 2.05) is 12.1 Å². The lowest BCUT2D eigenvalue weighted by Crippen LogP contribution is -2.38. The first-order valence-electron chi connectivity index (χ1n) is 5.81. The minimum atomic E-state index is 0.477. The van der Waals surface area contributed by atoms with Gasteiger partial charge in [-0.25, -0.2) is 0 Å². The molecule has 0 amide bonds. The number of rotatable bonds is 6.